The summed E-state index contributed by atoms with van der Waals surface area (Å²) in [6, 6.07) is 17.1. The molecule has 0 aliphatic rings. The van der Waals surface area contributed by atoms with E-state index in [0.717, 1.165) is 0 Å². The van der Waals surface area contributed by atoms with Crippen LogP contribution in [-0.2, 0) is 4.79 Å². The number of primary amides is 1. The van der Waals surface area contributed by atoms with E-state index >= 15 is 0 Å². The molecule has 0 spiro atoms. The zero-order valence-corrected chi connectivity index (χ0v) is 10.2. The molecule has 2 aromatic rings. The van der Waals surface area contributed by atoms with Crippen LogP contribution in [0.5, 0.6) is 5.75 Å². The third-order valence-corrected chi connectivity index (χ3v) is 2.55. The lowest BCUT2D eigenvalue weighted by atomic mass is 10.1. The molecule has 4 nitrogen and oxygen atoms in total. The van der Waals surface area contributed by atoms with E-state index in [1.54, 1.807) is 54.6 Å². The number of ketones is 1. The van der Waals surface area contributed by atoms with Gasteiger partial charge >= 0.3 is 0 Å². The third kappa shape index (κ3) is 3.19. The van der Waals surface area contributed by atoms with E-state index in [-0.39, 0.29) is 0 Å². The molecule has 0 saturated heterocycles. The van der Waals surface area contributed by atoms with Crippen molar-refractivity contribution in [3.63, 3.8) is 0 Å². The Kier molecular flexibility index (Phi) is 3.93. The summed E-state index contributed by atoms with van der Waals surface area (Å²) < 4.78 is 5.37. The first-order valence-electron chi connectivity index (χ1n) is 5.79. The van der Waals surface area contributed by atoms with Gasteiger partial charge in [0.2, 0.25) is 11.9 Å². The summed E-state index contributed by atoms with van der Waals surface area (Å²) in [5, 5.41) is 0. The lowest BCUT2D eigenvalue weighted by molar-refractivity contribution is -0.122. The molecular weight excluding hydrogens is 242 g/mol. The molecule has 2 aromatic carbocycles. The standard InChI is InChI=1S/C15H13NO3/c16-15(18)14(19-12-9-5-2-6-10-12)13(17)11-7-3-1-4-8-11/h1-10,14H,(H2,16,18). The normalized spacial score (nSPS) is 11.6. The average Bonchev–Trinajstić information content (AvgIpc) is 2.46. The molecule has 0 aromatic heterocycles. The topological polar surface area (TPSA) is 69.4 Å². The van der Waals surface area contributed by atoms with E-state index < -0.39 is 17.8 Å². The van der Waals surface area contributed by atoms with Crippen molar-refractivity contribution in [3.05, 3.63) is 66.2 Å². The minimum Gasteiger partial charge on any atom is -0.472 e. The maximum absolute atomic E-state index is 12.2. The van der Waals surface area contributed by atoms with Crippen LogP contribution in [0.3, 0.4) is 0 Å². The summed E-state index contributed by atoms with van der Waals surface area (Å²) in [5.74, 6) is -0.828. The van der Waals surface area contributed by atoms with E-state index in [1.165, 1.54) is 0 Å². The van der Waals surface area contributed by atoms with Gasteiger partial charge in [-0.15, -0.1) is 0 Å². The zero-order valence-electron chi connectivity index (χ0n) is 10.2. The fraction of sp³-hybridized carbons (Fsp3) is 0.0667. The third-order valence-electron chi connectivity index (χ3n) is 2.55. The van der Waals surface area contributed by atoms with Crippen molar-refractivity contribution in [3.8, 4) is 5.75 Å². The Morgan fingerprint density at radius 2 is 1.42 bits per heavy atom. The van der Waals surface area contributed by atoms with Crippen LogP contribution in [0.25, 0.3) is 0 Å². The van der Waals surface area contributed by atoms with Gasteiger partial charge in [-0.1, -0.05) is 48.5 Å². The highest BCUT2D eigenvalue weighted by Gasteiger charge is 2.27. The molecule has 4 heteroatoms. The second-order valence-corrected chi connectivity index (χ2v) is 3.94. The fourth-order valence-corrected chi connectivity index (χ4v) is 1.63. The molecule has 0 radical (unpaired) electrons. The molecule has 2 rings (SSSR count). The number of Topliss-reactive ketones (excluding diaryl/α,β-unsaturated/α-hetero) is 1. The van der Waals surface area contributed by atoms with Crippen LogP contribution in [0, 0.1) is 0 Å². The predicted molar refractivity (Wildman–Crippen MR) is 70.8 cm³/mol. The van der Waals surface area contributed by atoms with Crippen molar-refractivity contribution in [1.29, 1.82) is 0 Å². The lowest BCUT2D eigenvalue weighted by Gasteiger charge is -2.14. The van der Waals surface area contributed by atoms with Crippen molar-refractivity contribution < 1.29 is 14.3 Å². The Morgan fingerprint density at radius 3 is 1.95 bits per heavy atom. The summed E-state index contributed by atoms with van der Waals surface area (Å²) >= 11 is 0. The number of carbonyl (C=O) groups is 2. The highest BCUT2D eigenvalue weighted by Crippen LogP contribution is 2.14. The van der Waals surface area contributed by atoms with Gasteiger partial charge in [0.05, 0.1) is 0 Å². The molecule has 0 aliphatic carbocycles. The molecular formula is C15H13NO3. The van der Waals surface area contributed by atoms with Crippen molar-refractivity contribution in [1.82, 2.24) is 0 Å². The smallest absolute Gasteiger partial charge is 0.266 e. The first-order valence-corrected chi connectivity index (χ1v) is 5.79. The number of nitrogens with two attached hydrogens (primary N) is 1. The number of hydrogen-bond acceptors (Lipinski definition) is 3. The van der Waals surface area contributed by atoms with Gasteiger partial charge in [-0.2, -0.15) is 0 Å². The summed E-state index contributed by atoms with van der Waals surface area (Å²) in [6.45, 7) is 0. The number of rotatable bonds is 5. The zero-order chi connectivity index (χ0) is 13.7. The van der Waals surface area contributed by atoms with Gasteiger partial charge in [0.1, 0.15) is 5.75 Å². The van der Waals surface area contributed by atoms with E-state index in [9.17, 15) is 9.59 Å². The van der Waals surface area contributed by atoms with Crippen LogP contribution in [-0.4, -0.2) is 17.8 Å². The maximum atomic E-state index is 12.2. The Morgan fingerprint density at radius 1 is 0.895 bits per heavy atom. The van der Waals surface area contributed by atoms with Crippen molar-refractivity contribution in [2.24, 2.45) is 5.73 Å². The fourth-order valence-electron chi connectivity index (χ4n) is 1.63. The van der Waals surface area contributed by atoms with E-state index in [4.69, 9.17) is 10.5 Å². The molecule has 19 heavy (non-hydrogen) atoms. The molecule has 0 aliphatic heterocycles. The van der Waals surface area contributed by atoms with Crippen molar-refractivity contribution in [2.45, 2.75) is 6.10 Å². The summed E-state index contributed by atoms with van der Waals surface area (Å²) in [4.78, 5) is 23.6. The van der Waals surface area contributed by atoms with Gasteiger partial charge in [-0.3, -0.25) is 9.59 Å². The molecule has 1 amide bonds. The van der Waals surface area contributed by atoms with Gasteiger partial charge in [0.25, 0.3) is 5.91 Å². The molecule has 0 bridgehead atoms. The molecule has 2 N–H and O–H groups in total. The van der Waals surface area contributed by atoms with Crippen LogP contribution in [0.4, 0.5) is 0 Å². The molecule has 1 atom stereocenters. The molecule has 1 unspecified atom stereocenters. The van der Waals surface area contributed by atoms with Crippen molar-refractivity contribution in [2.75, 3.05) is 0 Å². The van der Waals surface area contributed by atoms with E-state index in [1.807, 2.05) is 6.07 Å². The highest BCUT2D eigenvalue weighted by atomic mass is 16.5. The molecule has 0 saturated carbocycles. The van der Waals surface area contributed by atoms with Crippen LogP contribution < -0.4 is 10.5 Å². The Bertz CT molecular complexity index is 566. The van der Waals surface area contributed by atoms with Crippen LogP contribution in [0.1, 0.15) is 10.4 Å². The largest absolute Gasteiger partial charge is 0.472 e. The maximum Gasteiger partial charge on any atom is 0.266 e. The van der Waals surface area contributed by atoms with Crippen molar-refractivity contribution >= 4 is 11.7 Å². The SMILES string of the molecule is NC(=O)C(Oc1ccccc1)C(=O)c1ccccc1. The molecule has 0 fully saturated rings. The summed E-state index contributed by atoms with van der Waals surface area (Å²) in [7, 11) is 0. The molecule has 0 heterocycles. The average molecular weight is 255 g/mol. The number of amides is 1. The van der Waals surface area contributed by atoms with Crippen LogP contribution >= 0.6 is 0 Å². The second-order valence-electron chi connectivity index (χ2n) is 3.94. The first-order chi connectivity index (χ1) is 9.18. The quantitative estimate of drug-likeness (QED) is 0.654. The minimum absolute atomic E-state index is 0.391. The number of ether oxygens (including phenoxy) is 1. The van der Waals surface area contributed by atoms with Gasteiger partial charge in [-0.25, -0.2) is 0 Å². The van der Waals surface area contributed by atoms with E-state index in [2.05, 4.69) is 0 Å². The van der Waals surface area contributed by atoms with E-state index in [0.29, 0.717) is 11.3 Å². The summed E-state index contributed by atoms with van der Waals surface area (Å²) in [5.41, 5.74) is 5.63. The lowest BCUT2D eigenvalue weighted by Crippen LogP contribution is -2.40. The van der Waals surface area contributed by atoms with Crippen LogP contribution in [0.2, 0.25) is 0 Å². The minimum atomic E-state index is -1.32. The van der Waals surface area contributed by atoms with Crippen LogP contribution in [0.15, 0.2) is 60.7 Å². The highest BCUT2D eigenvalue weighted by molar-refractivity contribution is 6.12. The van der Waals surface area contributed by atoms with Gasteiger partial charge in [0, 0.05) is 5.56 Å². The number of hydrogen-bond donors (Lipinski definition) is 1. The number of benzene rings is 2. The summed E-state index contributed by atoms with van der Waals surface area (Å²) in [6.07, 6.45) is -1.32. The second kappa shape index (κ2) is 5.82. The number of para-hydroxylation sites is 1. The van der Waals surface area contributed by atoms with Gasteiger partial charge < -0.3 is 10.5 Å². The van der Waals surface area contributed by atoms with Gasteiger partial charge in [0.15, 0.2) is 0 Å². The number of carbonyl (C=O) groups excluding carboxylic acids is 2. The molecule has 96 valence electrons. The Balaban J connectivity index is 2.22. The monoisotopic (exact) mass is 255 g/mol. The predicted octanol–water partition coefficient (Wildman–Crippen LogP) is 1.80. The Hall–Kier alpha value is -2.62. The Labute approximate surface area is 110 Å². The van der Waals surface area contributed by atoms with Gasteiger partial charge in [-0.05, 0) is 12.1 Å². The first kappa shape index (κ1) is 12.8.